The van der Waals surface area contributed by atoms with Gasteiger partial charge in [-0.05, 0) is 51.8 Å². The first-order chi connectivity index (χ1) is 13.6. The second-order valence-corrected chi connectivity index (χ2v) is 8.12. The van der Waals surface area contributed by atoms with Crippen LogP contribution in [-0.4, -0.2) is 48.5 Å². The Morgan fingerprint density at radius 2 is 2.04 bits per heavy atom. The summed E-state index contributed by atoms with van der Waals surface area (Å²) in [6, 6.07) is 0. The number of likely N-dealkylation sites (tertiary alicyclic amines) is 1. The van der Waals surface area contributed by atoms with Gasteiger partial charge in [0.25, 0.3) is 5.78 Å². The van der Waals surface area contributed by atoms with Gasteiger partial charge in [-0.1, -0.05) is 6.42 Å². The van der Waals surface area contributed by atoms with Gasteiger partial charge in [0.2, 0.25) is 5.91 Å². The SMILES string of the molecule is Cc1nc2ncnn2c(C)c1CCC(=O)Nc1nc(CN2CCCCC2)cs1. The molecule has 0 radical (unpaired) electrons. The molecule has 1 aliphatic rings. The predicted octanol–water partition coefficient (Wildman–Crippen LogP) is 2.75. The first kappa shape index (κ1) is 18.9. The summed E-state index contributed by atoms with van der Waals surface area (Å²) in [6.07, 6.45) is 6.34. The van der Waals surface area contributed by atoms with Gasteiger partial charge in [0, 0.05) is 29.7 Å². The molecular formula is C19H25N7OS. The maximum atomic E-state index is 12.4. The summed E-state index contributed by atoms with van der Waals surface area (Å²) in [5.74, 6) is 0.559. The van der Waals surface area contributed by atoms with E-state index >= 15 is 0 Å². The van der Waals surface area contributed by atoms with Crippen molar-refractivity contribution in [1.29, 1.82) is 0 Å². The maximum absolute atomic E-state index is 12.4. The number of piperidine rings is 1. The van der Waals surface area contributed by atoms with Gasteiger partial charge in [0.1, 0.15) is 6.33 Å². The number of thiazole rings is 1. The summed E-state index contributed by atoms with van der Waals surface area (Å²) >= 11 is 1.49. The quantitative estimate of drug-likeness (QED) is 0.686. The molecule has 148 valence electrons. The van der Waals surface area contributed by atoms with Crippen LogP contribution in [0.4, 0.5) is 5.13 Å². The van der Waals surface area contributed by atoms with E-state index < -0.39 is 0 Å². The highest BCUT2D eigenvalue weighted by Crippen LogP contribution is 2.20. The number of fused-ring (bicyclic) bond motifs is 1. The molecule has 0 spiro atoms. The van der Waals surface area contributed by atoms with E-state index in [-0.39, 0.29) is 5.91 Å². The fourth-order valence-electron chi connectivity index (χ4n) is 3.72. The van der Waals surface area contributed by atoms with Crippen molar-refractivity contribution in [3.63, 3.8) is 0 Å². The number of nitrogens with one attached hydrogen (secondary N) is 1. The van der Waals surface area contributed by atoms with Gasteiger partial charge in [-0.2, -0.15) is 10.1 Å². The van der Waals surface area contributed by atoms with Crippen LogP contribution in [0.15, 0.2) is 11.7 Å². The van der Waals surface area contributed by atoms with Crippen LogP contribution in [0.2, 0.25) is 0 Å². The minimum absolute atomic E-state index is 0.0311. The lowest BCUT2D eigenvalue weighted by atomic mass is 10.1. The summed E-state index contributed by atoms with van der Waals surface area (Å²) in [7, 11) is 0. The van der Waals surface area contributed by atoms with Crippen molar-refractivity contribution in [3.8, 4) is 0 Å². The Morgan fingerprint density at radius 3 is 2.86 bits per heavy atom. The van der Waals surface area contributed by atoms with Crippen LogP contribution in [0.5, 0.6) is 0 Å². The first-order valence-corrected chi connectivity index (χ1v) is 10.6. The summed E-state index contributed by atoms with van der Waals surface area (Å²) in [5, 5.41) is 9.85. The molecule has 1 fully saturated rings. The van der Waals surface area contributed by atoms with Crippen molar-refractivity contribution < 1.29 is 4.79 Å². The molecule has 8 nitrogen and oxygen atoms in total. The van der Waals surface area contributed by atoms with Crippen LogP contribution in [0.3, 0.4) is 0 Å². The second-order valence-electron chi connectivity index (χ2n) is 7.26. The standard InChI is InChI=1S/C19H25N7OS/c1-13-16(14(2)26-18(22-13)20-12-21-26)6-7-17(27)24-19-23-15(11-28-19)10-25-8-4-3-5-9-25/h11-12H,3-10H2,1-2H3,(H,23,24,27). The average Bonchev–Trinajstić information content (AvgIpc) is 3.32. The molecule has 3 aromatic heterocycles. The molecule has 1 saturated heterocycles. The number of aromatic nitrogens is 5. The molecule has 0 unspecified atom stereocenters. The van der Waals surface area contributed by atoms with Crippen molar-refractivity contribution in [1.82, 2.24) is 29.5 Å². The molecule has 1 aliphatic heterocycles. The first-order valence-electron chi connectivity index (χ1n) is 9.72. The largest absolute Gasteiger partial charge is 0.302 e. The van der Waals surface area contributed by atoms with E-state index in [0.717, 1.165) is 42.3 Å². The molecule has 3 aromatic rings. The summed E-state index contributed by atoms with van der Waals surface area (Å²) in [6.45, 7) is 7.08. The van der Waals surface area contributed by atoms with E-state index in [4.69, 9.17) is 0 Å². The van der Waals surface area contributed by atoms with Crippen molar-refractivity contribution in [3.05, 3.63) is 34.4 Å². The van der Waals surface area contributed by atoms with Crippen LogP contribution in [0.25, 0.3) is 5.78 Å². The van der Waals surface area contributed by atoms with Crippen molar-refractivity contribution in [2.45, 2.75) is 52.5 Å². The Kier molecular flexibility index (Phi) is 5.63. The number of amides is 1. The van der Waals surface area contributed by atoms with E-state index in [0.29, 0.717) is 23.8 Å². The monoisotopic (exact) mass is 399 g/mol. The zero-order valence-electron chi connectivity index (χ0n) is 16.3. The summed E-state index contributed by atoms with van der Waals surface area (Å²) in [5.41, 5.74) is 3.95. The molecule has 1 amide bonds. The normalized spacial score (nSPS) is 15.2. The molecule has 4 rings (SSSR count). The van der Waals surface area contributed by atoms with Gasteiger partial charge in [0.15, 0.2) is 5.13 Å². The van der Waals surface area contributed by atoms with E-state index in [1.54, 1.807) is 4.52 Å². The van der Waals surface area contributed by atoms with Crippen molar-refractivity contribution in [2.75, 3.05) is 18.4 Å². The summed E-state index contributed by atoms with van der Waals surface area (Å²) in [4.78, 5) is 28.0. The van der Waals surface area contributed by atoms with E-state index in [1.807, 2.05) is 19.2 Å². The fraction of sp³-hybridized carbons (Fsp3) is 0.526. The third-order valence-electron chi connectivity index (χ3n) is 5.22. The number of aryl methyl sites for hydroxylation is 2. The number of rotatable bonds is 6. The third-order valence-corrected chi connectivity index (χ3v) is 6.03. The molecule has 0 aromatic carbocycles. The number of anilines is 1. The number of hydrogen-bond donors (Lipinski definition) is 1. The summed E-state index contributed by atoms with van der Waals surface area (Å²) < 4.78 is 1.72. The Hall–Kier alpha value is -2.39. The Labute approximate surface area is 168 Å². The topological polar surface area (TPSA) is 88.3 Å². The van der Waals surface area contributed by atoms with Crippen LogP contribution in [0.1, 0.15) is 48.3 Å². The lowest BCUT2D eigenvalue weighted by molar-refractivity contribution is -0.116. The van der Waals surface area contributed by atoms with Gasteiger partial charge >= 0.3 is 0 Å². The van der Waals surface area contributed by atoms with Crippen molar-refractivity contribution >= 4 is 28.2 Å². The van der Waals surface area contributed by atoms with Crippen molar-refractivity contribution in [2.24, 2.45) is 0 Å². The minimum Gasteiger partial charge on any atom is -0.302 e. The number of carbonyl (C=O) groups excluding carboxylic acids is 1. The molecule has 0 aliphatic carbocycles. The average molecular weight is 400 g/mol. The molecule has 28 heavy (non-hydrogen) atoms. The Bertz CT molecular complexity index is 974. The highest BCUT2D eigenvalue weighted by molar-refractivity contribution is 7.13. The maximum Gasteiger partial charge on any atom is 0.252 e. The Morgan fingerprint density at radius 1 is 1.21 bits per heavy atom. The van der Waals surface area contributed by atoms with Gasteiger partial charge < -0.3 is 5.32 Å². The molecule has 0 saturated carbocycles. The fourth-order valence-corrected chi connectivity index (χ4v) is 4.44. The van der Waals surface area contributed by atoms with E-state index in [9.17, 15) is 4.79 Å². The minimum atomic E-state index is -0.0311. The van der Waals surface area contributed by atoms with E-state index in [1.165, 1.54) is 36.9 Å². The smallest absolute Gasteiger partial charge is 0.252 e. The number of carbonyl (C=O) groups is 1. The van der Waals surface area contributed by atoms with Crippen LogP contribution in [0, 0.1) is 13.8 Å². The molecule has 0 bridgehead atoms. The van der Waals surface area contributed by atoms with Gasteiger partial charge in [-0.3, -0.25) is 9.69 Å². The molecule has 0 atom stereocenters. The predicted molar refractivity (Wildman–Crippen MR) is 108 cm³/mol. The van der Waals surface area contributed by atoms with Crippen LogP contribution >= 0.6 is 11.3 Å². The molecule has 1 N–H and O–H groups in total. The lowest BCUT2D eigenvalue weighted by Crippen LogP contribution is -2.29. The van der Waals surface area contributed by atoms with Crippen LogP contribution in [-0.2, 0) is 17.8 Å². The zero-order valence-corrected chi connectivity index (χ0v) is 17.1. The lowest BCUT2D eigenvalue weighted by Gasteiger charge is -2.25. The van der Waals surface area contributed by atoms with Gasteiger partial charge in [-0.25, -0.2) is 14.5 Å². The number of nitrogens with zero attached hydrogens (tertiary/aromatic N) is 6. The molecule has 4 heterocycles. The van der Waals surface area contributed by atoms with E-state index in [2.05, 4.69) is 30.3 Å². The molecular weight excluding hydrogens is 374 g/mol. The van der Waals surface area contributed by atoms with Crippen LogP contribution < -0.4 is 5.32 Å². The number of hydrogen-bond acceptors (Lipinski definition) is 7. The Balaban J connectivity index is 1.34. The van der Waals surface area contributed by atoms with Gasteiger partial charge in [0.05, 0.1) is 5.69 Å². The zero-order chi connectivity index (χ0) is 19.5. The third kappa shape index (κ3) is 4.20. The molecule has 9 heteroatoms. The van der Waals surface area contributed by atoms with Gasteiger partial charge in [-0.15, -0.1) is 11.3 Å². The highest BCUT2D eigenvalue weighted by atomic mass is 32.1. The second kappa shape index (κ2) is 8.32. The highest BCUT2D eigenvalue weighted by Gasteiger charge is 2.15.